The molecule has 2 N–H and O–H groups in total. The van der Waals surface area contributed by atoms with Gasteiger partial charge in [-0.15, -0.1) is 0 Å². The number of phenolic OH excluding ortho intramolecular Hbond substituents is 2. The molecular formula is C12H15NO2. The minimum atomic E-state index is -0.0595. The number of unbranched alkanes of at least 4 members (excludes halogenated alkanes) is 1. The van der Waals surface area contributed by atoms with Gasteiger partial charge in [-0.25, -0.2) is 0 Å². The topological polar surface area (TPSA) is 45.4 Å². The second-order valence-corrected chi connectivity index (χ2v) is 3.76. The molecule has 15 heavy (non-hydrogen) atoms. The van der Waals surface area contributed by atoms with Gasteiger partial charge in [-0.1, -0.05) is 13.3 Å². The van der Waals surface area contributed by atoms with Crippen LogP contribution in [0.2, 0.25) is 0 Å². The number of aromatic hydroxyl groups is 2. The Morgan fingerprint density at radius 1 is 1.20 bits per heavy atom. The highest BCUT2D eigenvalue weighted by molar-refractivity contribution is 5.83. The molecule has 0 amide bonds. The molecule has 0 fully saturated rings. The fourth-order valence-electron chi connectivity index (χ4n) is 1.74. The van der Waals surface area contributed by atoms with Crippen LogP contribution >= 0.6 is 0 Å². The molecule has 0 unspecified atom stereocenters. The first-order valence-corrected chi connectivity index (χ1v) is 5.23. The summed E-state index contributed by atoms with van der Waals surface area (Å²) in [5.74, 6) is -0.116. The average Bonchev–Trinajstić information content (AvgIpc) is 2.59. The number of rotatable bonds is 3. The van der Waals surface area contributed by atoms with E-state index in [0.717, 1.165) is 30.3 Å². The van der Waals surface area contributed by atoms with Crippen molar-refractivity contribution in [2.24, 2.45) is 0 Å². The summed E-state index contributed by atoms with van der Waals surface area (Å²) in [5.41, 5.74) is 0.971. The summed E-state index contributed by atoms with van der Waals surface area (Å²) in [6.07, 6.45) is 4.24. The molecule has 0 atom stereocenters. The van der Waals surface area contributed by atoms with Crippen molar-refractivity contribution in [1.82, 2.24) is 4.57 Å². The summed E-state index contributed by atoms with van der Waals surface area (Å²) >= 11 is 0. The molecule has 1 aromatic carbocycles. The second-order valence-electron chi connectivity index (χ2n) is 3.76. The number of hydrogen-bond acceptors (Lipinski definition) is 2. The number of phenols is 2. The van der Waals surface area contributed by atoms with Gasteiger partial charge in [0.15, 0.2) is 11.5 Å². The molecule has 3 heteroatoms. The van der Waals surface area contributed by atoms with Gasteiger partial charge in [0.1, 0.15) is 0 Å². The third-order valence-corrected chi connectivity index (χ3v) is 2.62. The molecule has 0 aliphatic heterocycles. The molecule has 0 spiro atoms. The first-order valence-electron chi connectivity index (χ1n) is 5.23. The molecule has 80 valence electrons. The average molecular weight is 205 g/mol. The first kappa shape index (κ1) is 9.90. The number of aryl methyl sites for hydroxylation is 1. The van der Waals surface area contributed by atoms with Gasteiger partial charge < -0.3 is 14.8 Å². The van der Waals surface area contributed by atoms with Crippen LogP contribution in [0.4, 0.5) is 0 Å². The Morgan fingerprint density at radius 3 is 2.67 bits per heavy atom. The molecule has 0 bridgehead atoms. The molecule has 3 nitrogen and oxygen atoms in total. The van der Waals surface area contributed by atoms with Gasteiger partial charge in [0.2, 0.25) is 0 Å². The zero-order valence-electron chi connectivity index (χ0n) is 8.77. The summed E-state index contributed by atoms with van der Waals surface area (Å²) in [6, 6.07) is 5.15. The molecule has 0 radical (unpaired) electrons. The Kier molecular flexibility index (Phi) is 2.54. The Labute approximate surface area is 88.6 Å². The highest BCUT2D eigenvalue weighted by atomic mass is 16.3. The quantitative estimate of drug-likeness (QED) is 0.757. The van der Waals surface area contributed by atoms with E-state index in [1.807, 2.05) is 12.3 Å². The van der Waals surface area contributed by atoms with Crippen LogP contribution in [0.15, 0.2) is 24.4 Å². The van der Waals surface area contributed by atoms with E-state index < -0.39 is 0 Å². The van der Waals surface area contributed by atoms with Crippen molar-refractivity contribution >= 4 is 10.9 Å². The van der Waals surface area contributed by atoms with Gasteiger partial charge >= 0.3 is 0 Å². The van der Waals surface area contributed by atoms with Crippen molar-refractivity contribution in [1.29, 1.82) is 0 Å². The molecule has 1 aromatic heterocycles. The van der Waals surface area contributed by atoms with E-state index in [9.17, 15) is 10.2 Å². The van der Waals surface area contributed by atoms with E-state index in [1.54, 1.807) is 12.1 Å². The Balaban J connectivity index is 2.45. The third-order valence-electron chi connectivity index (χ3n) is 2.62. The predicted molar refractivity (Wildman–Crippen MR) is 60.2 cm³/mol. The molecule has 1 heterocycles. The molecular weight excluding hydrogens is 190 g/mol. The lowest BCUT2D eigenvalue weighted by Gasteiger charge is -2.05. The summed E-state index contributed by atoms with van der Waals surface area (Å²) < 4.78 is 2.10. The van der Waals surface area contributed by atoms with Gasteiger partial charge in [-0.2, -0.15) is 0 Å². The smallest absolute Gasteiger partial charge is 0.159 e. The van der Waals surface area contributed by atoms with Crippen LogP contribution in [-0.2, 0) is 6.54 Å². The number of aromatic nitrogens is 1. The number of nitrogens with zero attached hydrogens (tertiary/aromatic N) is 1. The summed E-state index contributed by atoms with van der Waals surface area (Å²) in [6.45, 7) is 3.10. The van der Waals surface area contributed by atoms with E-state index in [-0.39, 0.29) is 11.5 Å². The molecule has 0 saturated carbocycles. The van der Waals surface area contributed by atoms with Crippen molar-refractivity contribution in [2.45, 2.75) is 26.3 Å². The fourth-order valence-corrected chi connectivity index (χ4v) is 1.74. The molecule has 0 saturated heterocycles. The predicted octanol–water partition coefficient (Wildman–Crippen LogP) is 2.85. The van der Waals surface area contributed by atoms with Crippen LogP contribution in [0.5, 0.6) is 11.5 Å². The van der Waals surface area contributed by atoms with Gasteiger partial charge in [-0.05, 0) is 18.6 Å². The molecule has 0 aliphatic rings. The fraction of sp³-hybridized carbons (Fsp3) is 0.333. The van der Waals surface area contributed by atoms with Crippen LogP contribution in [0.25, 0.3) is 10.9 Å². The zero-order valence-corrected chi connectivity index (χ0v) is 8.77. The first-order chi connectivity index (χ1) is 7.22. The summed E-state index contributed by atoms with van der Waals surface area (Å²) in [5, 5.41) is 19.7. The summed E-state index contributed by atoms with van der Waals surface area (Å²) in [7, 11) is 0. The van der Waals surface area contributed by atoms with Crippen LogP contribution in [0, 0.1) is 0 Å². The third kappa shape index (κ3) is 1.77. The number of fused-ring (bicyclic) bond motifs is 1. The maximum absolute atomic E-state index is 9.42. The van der Waals surface area contributed by atoms with E-state index in [2.05, 4.69) is 11.5 Å². The molecule has 2 aromatic rings. The Morgan fingerprint density at radius 2 is 1.93 bits per heavy atom. The van der Waals surface area contributed by atoms with Gasteiger partial charge in [0, 0.05) is 24.2 Å². The van der Waals surface area contributed by atoms with Crippen LogP contribution < -0.4 is 0 Å². The highest BCUT2D eigenvalue weighted by Gasteiger charge is 2.05. The van der Waals surface area contributed by atoms with Crippen molar-refractivity contribution in [3.63, 3.8) is 0 Å². The largest absolute Gasteiger partial charge is 0.504 e. The Bertz CT molecular complexity index is 474. The van der Waals surface area contributed by atoms with Crippen LogP contribution in [-0.4, -0.2) is 14.8 Å². The van der Waals surface area contributed by atoms with E-state index in [1.165, 1.54) is 0 Å². The SMILES string of the molecule is CCCCn1ccc2cc(O)c(O)cc21. The summed E-state index contributed by atoms with van der Waals surface area (Å²) in [4.78, 5) is 0. The van der Waals surface area contributed by atoms with Gasteiger partial charge in [0.25, 0.3) is 0 Å². The highest BCUT2D eigenvalue weighted by Crippen LogP contribution is 2.30. The van der Waals surface area contributed by atoms with Crippen LogP contribution in [0.3, 0.4) is 0 Å². The van der Waals surface area contributed by atoms with Crippen molar-refractivity contribution in [3.8, 4) is 11.5 Å². The lowest BCUT2D eigenvalue weighted by Crippen LogP contribution is -1.94. The lowest BCUT2D eigenvalue weighted by atomic mass is 10.2. The Hall–Kier alpha value is -1.64. The standard InChI is InChI=1S/C12H15NO2/c1-2-3-5-13-6-4-9-7-11(14)12(15)8-10(9)13/h4,6-8,14-15H,2-3,5H2,1H3. The monoisotopic (exact) mass is 205 g/mol. The van der Waals surface area contributed by atoms with Gasteiger partial charge in [-0.3, -0.25) is 0 Å². The number of benzene rings is 1. The van der Waals surface area contributed by atoms with E-state index in [4.69, 9.17) is 0 Å². The van der Waals surface area contributed by atoms with Gasteiger partial charge in [0.05, 0.1) is 5.52 Å². The molecule has 0 aliphatic carbocycles. The lowest BCUT2D eigenvalue weighted by molar-refractivity contribution is 0.404. The normalized spacial score (nSPS) is 11.0. The second kappa shape index (κ2) is 3.85. The van der Waals surface area contributed by atoms with Crippen LogP contribution in [0.1, 0.15) is 19.8 Å². The number of hydrogen-bond donors (Lipinski definition) is 2. The minimum absolute atomic E-state index is 0.0565. The maximum atomic E-state index is 9.42. The van der Waals surface area contributed by atoms with E-state index >= 15 is 0 Å². The maximum Gasteiger partial charge on any atom is 0.159 e. The van der Waals surface area contributed by atoms with Crippen molar-refractivity contribution in [2.75, 3.05) is 0 Å². The minimum Gasteiger partial charge on any atom is -0.504 e. The van der Waals surface area contributed by atoms with E-state index in [0.29, 0.717) is 0 Å². The zero-order chi connectivity index (χ0) is 10.8. The van der Waals surface area contributed by atoms with Crippen molar-refractivity contribution < 1.29 is 10.2 Å². The van der Waals surface area contributed by atoms with Crippen molar-refractivity contribution in [3.05, 3.63) is 24.4 Å². The molecule has 2 rings (SSSR count).